The van der Waals surface area contributed by atoms with Crippen molar-refractivity contribution in [1.82, 2.24) is 5.06 Å². The van der Waals surface area contributed by atoms with Gasteiger partial charge in [-0.25, -0.2) is 5.06 Å². The standard InChI is InChI=1S/C22H35NO4/c1-2-3-4-5-6-7-8-9-14-19-15-10-11-16-20(19)22(26)23(27)18-13-12-17-21(24)25/h10-11,15-16,27H,2-9,12-14,17-18H2,1H3,(H,24,25). The molecular weight excluding hydrogens is 342 g/mol. The molecule has 0 unspecified atom stereocenters. The van der Waals surface area contributed by atoms with Crippen LogP contribution in [0.1, 0.15) is 93.5 Å². The zero-order chi connectivity index (χ0) is 19.9. The van der Waals surface area contributed by atoms with Crippen molar-refractivity contribution < 1.29 is 19.9 Å². The topological polar surface area (TPSA) is 77.8 Å². The van der Waals surface area contributed by atoms with E-state index in [1.54, 1.807) is 6.07 Å². The Morgan fingerprint density at radius 2 is 1.52 bits per heavy atom. The lowest BCUT2D eigenvalue weighted by Crippen LogP contribution is -2.29. The molecule has 0 fully saturated rings. The fraction of sp³-hybridized carbons (Fsp3) is 0.636. The van der Waals surface area contributed by atoms with E-state index in [1.807, 2.05) is 18.2 Å². The van der Waals surface area contributed by atoms with Crippen LogP contribution in [-0.2, 0) is 11.2 Å². The van der Waals surface area contributed by atoms with Crippen LogP contribution in [0, 0.1) is 0 Å². The van der Waals surface area contributed by atoms with Gasteiger partial charge >= 0.3 is 5.97 Å². The third-order valence-corrected chi connectivity index (χ3v) is 4.79. The lowest BCUT2D eigenvalue weighted by Gasteiger charge is -2.17. The molecule has 0 saturated heterocycles. The predicted molar refractivity (Wildman–Crippen MR) is 107 cm³/mol. The number of rotatable bonds is 15. The molecule has 5 heteroatoms. The lowest BCUT2D eigenvalue weighted by molar-refractivity contribution is -0.137. The second-order valence-corrected chi connectivity index (χ2v) is 7.16. The van der Waals surface area contributed by atoms with Crippen LogP contribution in [0.5, 0.6) is 0 Å². The largest absolute Gasteiger partial charge is 0.481 e. The molecule has 152 valence electrons. The maximum absolute atomic E-state index is 12.5. The van der Waals surface area contributed by atoms with Crippen molar-refractivity contribution in [3.8, 4) is 0 Å². The highest BCUT2D eigenvalue weighted by atomic mass is 16.5. The van der Waals surface area contributed by atoms with Crippen molar-refractivity contribution in [1.29, 1.82) is 0 Å². The van der Waals surface area contributed by atoms with E-state index in [1.165, 1.54) is 38.5 Å². The lowest BCUT2D eigenvalue weighted by atomic mass is 9.99. The van der Waals surface area contributed by atoms with Crippen molar-refractivity contribution in [3.63, 3.8) is 0 Å². The number of unbranched alkanes of at least 4 members (excludes halogenated alkanes) is 8. The quantitative estimate of drug-likeness (QED) is 0.242. The van der Waals surface area contributed by atoms with Gasteiger partial charge in [0, 0.05) is 18.5 Å². The Hall–Kier alpha value is -1.88. The smallest absolute Gasteiger partial charge is 0.303 e. The van der Waals surface area contributed by atoms with Crippen molar-refractivity contribution in [2.75, 3.05) is 6.54 Å². The van der Waals surface area contributed by atoms with Crippen LogP contribution >= 0.6 is 0 Å². The first-order valence-electron chi connectivity index (χ1n) is 10.4. The van der Waals surface area contributed by atoms with E-state index in [0.29, 0.717) is 23.5 Å². The first-order chi connectivity index (χ1) is 13.1. The highest BCUT2D eigenvalue weighted by molar-refractivity contribution is 5.94. The van der Waals surface area contributed by atoms with Gasteiger partial charge in [-0.3, -0.25) is 14.8 Å². The number of aliphatic carboxylic acids is 1. The Morgan fingerprint density at radius 3 is 2.19 bits per heavy atom. The summed E-state index contributed by atoms with van der Waals surface area (Å²) in [7, 11) is 0. The van der Waals surface area contributed by atoms with Gasteiger partial charge in [0.2, 0.25) is 0 Å². The van der Waals surface area contributed by atoms with Crippen LogP contribution in [0.15, 0.2) is 24.3 Å². The predicted octanol–water partition coefficient (Wildman–Crippen LogP) is 5.46. The van der Waals surface area contributed by atoms with Gasteiger partial charge in [-0.15, -0.1) is 0 Å². The third-order valence-electron chi connectivity index (χ3n) is 4.79. The highest BCUT2D eigenvalue weighted by Gasteiger charge is 2.16. The van der Waals surface area contributed by atoms with Gasteiger partial charge in [0.1, 0.15) is 0 Å². The number of benzene rings is 1. The number of carbonyl (C=O) groups is 2. The number of carbonyl (C=O) groups excluding carboxylic acids is 1. The second kappa shape index (κ2) is 14.2. The first-order valence-corrected chi connectivity index (χ1v) is 10.4. The van der Waals surface area contributed by atoms with Gasteiger partial charge in [0.25, 0.3) is 5.91 Å². The van der Waals surface area contributed by atoms with Crippen molar-refractivity contribution in [2.45, 2.75) is 84.0 Å². The van der Waals surface area contributed by atoms with Gasteiger partial charge in [-0.1, -0.05) is 70.1 Å². The molecule has 2 N–H and O–H groups in total. The fourth-order valence-electron chi connectivity index (χ4n) is 3.17. The molecule has 0 spiro atoms. The van der Waals surface area contributed by atoms with Gasteiger partial charge in [0.05, 0.1) is 0 Å². The molecule has 0 heterocycles. The summed E-state index contributed by atoms with van der Waals surface area (Å²) in [5, 5.41) is 19.4. The second-order valence-electron chi connectivity index (χ2n) is 7.16. The molecule has 0 aromatic heterocycles. The molecule has 0 atom stereocenters. The fourth-order valence-corrected chi connectivity index (χ4v) is 3.17. The first kappa shape index (κ1) is 23.2. The van der Waals surface area contributed by atoms with E-state index in [2.05, 4.69) is 6.92 Å². The molecule has 0 aliphatic rings. The molecule has 1 aromatic carbocycles. The van der Waals surface area contributed by atoms with Crippen LogP contribution in [0.3, 0.4) is 0 Å². The average Bonchev–Trinajstić information content (AvgIpc) is 2.66. The minimum absolute atomic E-state index is 0.0526. The Kier molecular flexibility index (Phi) is 12.2. The van der Waals surface area contributed by atoms with Crippen LogP contribution in [-0.4, -0.2) is 33.8 Å². The van der Waals surface area contributed by atoms with Gasteiger partial charge in [0.15, 0.2) is 0 Å². The van der Waals surface area contributed by atoms with Gasteiger partial charge in [-0.05, 0) is 37.3 Å². The summed E-state index contributed by atoms with van der Waals surface area (Å²) in [6.45, 7) is 2.38. The summed E-state index contributed by atoms with van der Waals surface area (Å²) in [5.41, 5.74) is 1.51. The van der Waals surface area contributed by atoms with Crippen LogP contribution in [0.2, 0.25) is 0 Å². The molecular formula is C22H35NO4. The minimum Gasteiger partial charge on any atom is -0.481 e. The number of hydroxylamine groups is 2. The van der Waals surface area contributed by atoms with Crippen LogP contribution in [0.25, 0.3) is 0 Å². The molecule has 1 aromatic rings. The Bertz CT molecular complexity index is 559. The zero-order valence-electron chi connectivity index (χ0n) is 16.7. The normalized spacial score (nSPS) is 10.7. The summed E-state index contributed by atoms with van der Waals surface area (Å²) < 4.78 is 0. The number of carboxylic acid groups (broad SMARTS) is 1. The van der Waals surface area contributed by atoms with E-state index in [0.717, 1.165) is 24.8 Å². The number of aryl methyl sites for hydroxylation is 1. The minimum atomic E-state index is -0.860. The molecule has 0 saturated carbocycles. The Morgan fingerprint density at radius 1 is 0.889 bits per heavy atom. The Balaban J connectivity index is 2.38. The zero-order valence-corrected chi connectivity index (χ0v) is 16.7. The molecule has 1 amide bonds. The van der Waals surface area contributed by atoms with E-state index in [4.69, 9.17) is 5.11 Å². The van der Waals surface area contributed by atoms with E-state index in [9.17, 15) is 14.8 Å². The number of amides is 1. The number of hydrogen-bond acceptors (Lipinski definition) is 3. The van der Waals surface area contributed by atoms with E-state index >= 15 is 0 Å². The van der Waals surface area contributed by atoms with Crippen molar-refractivity contribution in [2.24, 2.45) is 0 Å². The number of nitrogens with zero attached hydrogens (tertiary/aromatic N) is 1. The number of hydrogen-bond donors (Lipinski definition) is 2. The molecule has 0 aliphatic heterocycles. The van der Waals surface area contributed by atoms with E-state index < -0.39 is 11.9 Å². The monoisotopic (exact) mass is 377 g/mol. The summed E-state index contributed by atoms with van der Waals surface area (Å²) in [5.74, 6) is -1.26. The van der Waals surface area contributed by atoms with E-state index in [-0.39, 0.29) is 13.0 Å². The SMILES string of the molecule is CCCCCCCCCCc1ccccc1C(=O)N(O)CCCCC(=O)O. The maximum Gasteiger partial charge on any atom is 0.303 e. The molecule has 0 bridgehead atoms. The third kappa shape index (κ3) is 10.1. The maximum atomic E-state index is 12.5. The summed E-state index contributed by atoms with van der Waals surface area (Å²) in [6, 6.07) is 7.43. The summed E-state index contributed by atoms with van der Waals surface area (Å²) in [4.78, 5) is 23.0. The van der Waals surface area contributed by atoms with Crippen molar-refractivity contribution >= 4 is 11.9 Å². The van der Waals surface area contributed by atoms with Crippen molar-refractivity contribution in [3.05, 3.63) is 35.4 Å². The highest BCUT2D eigenvalue weighted by Crippen LogP contribution is 2.16. The molecule has 27 heavy (non-hydrogen) atoms. The number of carboxylic acids is 1. The summed E-state index contributed by atoms with van der Waals surface area (Å²) >= 11 is 0. The van der Waals surface area contributed by atoms with Gasteiger partial charge in [-0.2, -0.15) is 0 Å². The molecule has 0 radical (unpaired) electrons. The van der Waals surface area contributed by atoms with Crippen LogP contribution in [0.4, 0.5) is 0 Å². The molecule has 0 aliphatic carbocycles. The summed E-state index contributed by atoms with van der Waals surface area (Å²) in [6.07, 6.45) is 11.7. The molecule has 5 nitrogen and oxygen atoms in total. The molecule has 1 rings (SSSR count). The van der Waals surface area contributed by atoms with Crippen LogP contribution < -0.4 is 0 Å². The van der Waals surface area contributed by atoms with Gasteiger partial charge < -0.3 is 5.11 Å². The average molecular weight is 378 g/mol. The Labute approximate surface area is 163 Å².